The van der Waals surface area contributed by atoms with Gasteiger partial charge in [0.05, 0.1) is 34.8 Å². The molecule has 2 atom stereocenters. The fourth-order valence-corrected chi connectivity index (χ4v) is 4.45. The third-order valence-corrected chi connectivity index (χ3v) is 6.03. The van der Waals surface area contributed by atoms with Gasteiger partial charge in [0.15, 0.2) is 11.9 Å². The Hall–Kier alpha value is -1.28. The number of ether oxygens (including phenoxy) is 1. The summed E-state index contributed by atoms with van der Waals surface area (Å²) in [6.45, 7) is 1.47. The lowest BCUT2D eigenvalue weighted by Crippen LogP contribution is -3.16. The van der Waals surface area contributed by atoms with Crippen molar-refractivity contribution in [3.8, 4) is 0 Å². The van der Waals surface area contributed by atoms with Crippen molar-refractivity contribution >= 4 is 52.7 Å². The molecule has 2 heterocycles. The SMILES string of the molecule is COC(=O)[C@@H]1C[NH+](CN2C(=O)c3cc(Cl)c(Cl)cc3C2=O)CCS1. The van der Waals surface area contributed by atoms with Crippen LogP contribution in [0.1, 0.15) is 20.7 Å². The van der Waals surface area contributed by atoms with Crippen LogP contribution in [0.4, 0.5) is 0 Å². The first-order valence-corrected chi connectivity index (χ1v) is 9.11. The van der Waals surface area contributed by atoms with Crippen LogP contribution in [-0.4, -0.2) is 60.6 Å². The zero-order chi connectivity index (χ0) is 17.4. The molecule has 1 N–H and O–H groups in total. The van der Waals surface area contributed by atoms with Crippen LogP contribution in [-0.2, 0) is 9.53 Å². The quantitative estimate of drug-likeness (QED) is 0.609. The molecule has 1 aromatic carbocycles. The van der Waals surface area contributed by atoms with E-state index in [1.807, 2.05) is 0 Å². The Labute approximate surface area is 153 Å². The third kappa shape index (κ3) is 3.13. The molecule has 24 heavy (non-hydrogen) atoms. The monoisotopic (exact) mass is 389 g/mol. The van der Waals surface area contributed by atoms with E-state index in [-0.39, 0.29) is 50.9 Å². The number of esters is 1. The Bertz CT molecular complexity index is 687. The zero-order valence-electron chi connectivity index (χ0n) is 12.8. The first-order chi connectivity index (χ1) is 11.4. The van der Waals surface area contributed by atoms with E-state index >= 15 is 0 Å². The number of amides is 2. The summed E-state index contributed by atoms with van der Waals surface area (Å²) in [6, 6.07) is 2.86. The van der Waals surface area contributed by atoms with Crippen LogP contribution in [0.25, 0.3) is 0 Å². The van der Waals surface area contributed by atoms with Gasteiger partial charge in [-0.1, -0.05) is 23.2 Å². The lowest BCUT2D eigenvalue weighted by molar-refractivity contribution is -0.904. The van der Waals surface area contributed by atoms with Crippen molar-refractivity contribution in [1.82, 2.24) is 4.90 Å². The van der Waals surface area contributed by atoms with Crippen LogP contribution in [0.15, 0.2) is 12.1 Å². The lowest BCUT2D eigenvalue weighted by Gasteiger charge is -2.30. The minimum atomic E-state index is -0.381. The second-order valence-electron chi connectivity index (χ2n) is 5.60. The molecule has 2 amide bonds. The number of thioether (sulfide) groups is 1. The summed E-state index contributed by atoms with van der Waals surface area (Å²) in [5, 5.41) is 0.203. The van der Waals surface area contributed by atoms with Gasteiger partial charge in [0.1, 0.15) is 6.54 Å². The van der Waals surface area contributed by atoms with Gasteiger partial charge in [-0.3, -0.25) is 14.4 Å². The molecular weight excluding hydrogens is 375 g/mol. The maximum Gasteiger partial charge on any atom is 0.324 e. The highest BCUT2D eigenvalue weighted by Gasteiger charge is 2.40. The van der Waals surface area contributed by atoms with Gasteiger partial charge >= 0.3 is 5.97 Å². The van der Waals surface area contributed by atoms with Crippen molar-refractivity contribution in [1.29, 1.82) is 0 Å². The summed E-state index contributed by atoms with van der Waals surface area (Å²) >= 11 is 13.4. The van der Waals surface area contributed by atoms with Crippen LogP contribution >= 0.6 is 35.0 Å². The second-order valence-corrected chi connectivity index (χ2v) is 7.72. The van der Waals surface area contributed by atoms with E-state index in [0.717, 1.165) is 17.2 Å². The van der Waals surface area contributed by atoms with Gasteiger partial charge in [-0.2, -0.15) is 0 Å². The van der Waals surface area contributed by atoms with Gasteiger partial charge in [0, 0.05) is 5.75 Å². The number of quaternary nitrogens is 1. The van der Waals surface area contributed by atoms with Crippen LogP contribution in [0.5, 0.6) is 0 Å². The topological polar surface area (TPSA) is 68.1 Å². The number of fused-ring (bicyclic) bond motifs is 1. The average Bonchev–Trinajstić information content (AvgIpc) is 2.80. The predicted octanol–water partition coefficient (Wildman–Crippen LogP) is 0.720. The number of carbonyl (C=O) groups excluding carboxylic acids is 3. The van der Waals surface area contributed by atoms with Crippen LogP contribution < -0.4 is 4.90 Å². The van der Waals surface area contributed by atoms with Crippen molar-refractivity contribution < 1.29 is 24.0 Å². The van der Waals surface area contributed by atoms with Gasteiger partial charge in [-0.15, -0.1) is 11.8 Å². The molecule has 2 aliphatic heterocycles. The number of imide groups is 1. The van der Waals surface area contributed by atoms with Crippen LogP contribution in [0.3, 0.4) is 0 Å². The first-order valence-electron chi connectivity index (χ1n) is 7.30. The second kappa shape index (κ2) is 6.92. The number of methoxy groups -OCH3 is 1. The summed E-state index contributed by atoms with van der Waals surface area (Å²) in [4.78, 5) is 38.9. The molecule has 6 nitrogen and oxygen atoms in total. The van der Waals surface area contributed by atoms with E-state index in [2.05, 4.69) is 0 Å². The minimum Gasteiger partial charge on any atom is -0.468 e. The highest BCUT2D eigenvalue weighted by molar-refractivity contribution is 8.00. The highest BCUT2D eigenvalue weighted by atomic mass is 35.5. The van der Waals surface area contributed by atoms with E-state index in [9.17, 15) is 14.4 Å². The Morgan fingerprint density at radius 1 is 1.29 bits per heavy atom. The molecule has 1 unspecified atom stereocenters. The molecule has 1 fully saturated rings. The van der Waals surface area contributed by atoms with E-state index in [0.29, 0.717) is 6.54 Å². The number of hydrogen-bond donors (Lipinski definition) is 1. The van der Waals surface area contributed by atoms with E-state index in [1.54, 1.807) is 0 Å². The van der Waals surface area contributed by atoms with Gasteiger partial charge in [-0.05, 0) is 12.1 Å². The molecule has 0 aromatic heterocycles. The van der Waals surface area contributed by atoms with Crippen LogP contribution in [0, 0.1) is 0 Å². The van der Waals surface area contributed by atoms with E-state index in [4.69, 9.17) is 27.9 Å². The smallest absolute Gasteiger partial charge is 0.324 e. The molecule has 128 valence electrons. The standard InChI is InChI=1S/C15H14Cl2N2O4S/c1-23-15(22)12-6-18(2-3-24-12)7-19-13(20)8-4-10(16)11(17)5-9(8)14(19)21/h4-5,12H,2-3,6-7H2,1H3/p+1/t12-/m0/s1. The zero-order valence-corrected chi connectivity index (χ0v) is 15.1. The maximum absolute atomic E-state index is 12.5. The molecule has 3 rings (SSSR count). The molecule has 2 aliphatic rings. The maximum atomic E-state index is 12.5. The third-order valence-electron chi connectivity index (χ3n) is 4.11. The summed E-state index contributed by atoms with van der Waals surface area (Å²) in [7, 11) is 1.36. The normalized spacial score (nSPS) is 23.4. The van der Waals surface area contributed by atoms with Gasteiger partial charge in [-0.25, -0.2) is 4.90 Å². The van der Waals surface area contributed by atoms with Crippen molar-refractivity contribution in [3.05, 3.63) is 33.3 Å². The highest BCUT2D eigenvalue weighted by Crippen LogP contribution is 2.31. The predicted molar refractivity (Wildman–Crippen MR) is 90.8 cm³/mol. The summed E-state index contributed by atoms with van der Waals surface area (Å²) in [5.74, 6) is -0.281. The Kier molecular flexibility index (Phi) is 5.05. The number of hydrogen-bond acceptors (Lipinski definition) is 5. The Morgan fingerprint density at radius 2 is 1.88 bits per heavy atom. The van der Waals surface area contributed by atoms with Gasteiger partial charge < -0.3 is 9.64 Å². The molecule has 9 heteroatoms. The Morgan fingerprint density at radius 3 is 2.42 bits per heavy atom. The summed E-state index contributed by atoms with van der Waals surface area (Å²) < 4.78 is 4.78. The molecule has 0 saturated carbocycles. The number of benzene rings is 1. The average molecular weight is 390 g/mol. The van der Waals surface area contributed by atoms with Gasteiger partial charge in [0.2, 0.25) is 0 Å². The molecule has 1 aromatic rings. The molecule has 0 radical (unpaired) electrons. The molecular formula is C15H15Cl2N2O4S+. The molecule has 1 saturated heterocycles. The van der Waals surface area contributed by atoms with E-state index in [1.165, 1.54) is 35.9 Å². The first kappa shape index (κ1) is 17.5. The number of halogens is 2. The molecule has 0 aliphatic carbocycles. The lowest BCUT2D eigenvalue weighted by atomic mass is 10.1. The fraction of sp³-hybridized carbons (Fsp3) is 0.400. The fourth-order valence-electron chi connectivity index (χ4n) is 2.85. The van der Waals surface area contributed by atoms with Gasteiger partial charge in [0.25, 0.3) is 11.8 Å². The minimum absolute atomic E-state index is 0.204. The summed E-state index contributed by atoms with van der Waals surface area (Å²) in [6.07, 6.45) is 0. The largest absolute Gasteiger partial charge is 0.468 e. The number of nitrogens with one attached hydrogen (secondary N) is 1. The van der Waals surface area contributed by atoms with Crippen LogP contribution in [0.2, 0.25) is 10.0 Å². The molecule has 0 bridgehead atoms. The summed E-state index contributed by atoms with van der Waals surface area (Å²) in [5.41, 5.74) is 0.536. The number of nitrogens with zero attached hydrogens (tertiary/aromatic N) is 1. The van der Waals surface area contributed by atoms with Crippen molar-refractivity contribution in [2.45, 2.75) is 5.25 Å². The van der Waals surface area contributed by atoms with Crippen molar-refractivity contribution in [2.75, 3.05) is 32.6 Å². The number of rotatable bonds is 3. The van der Waals surface area contributed by atoms with Crippen molar-refractivity contribution in [3.63, 3.8) is 0 Å². The van der Waals surface area contributed by atoms with Crippen molar-refractivity contribution in [2.24, 2.45) is 0 Å². The number of carbonyl (C=O) groups is 3. The molecule has 0 spiro atoms. The van der Waals surface area contributed by atoms with E-state index < -0.39 is 0 Å². The Balaban J connectivity index is 1.76.